The molecule has 2 aromatic carbocycles. The zero-order valence-electron chi connectivity index (χ0n) is 19.8. The van der Waals surface area contributed by atoms with Gasteiger partial charge in [-0.25, -0.2) is 4.98 Å². The Morgan fingerprint density at radius 3 is 2.26 bits per heavy atom. The summed E-state index contributed by atoms with van der Waals surface area (Å²) in [4.78, 5) is 41.8. The molecule has 0 saturated heterocycles. The van der Waals surface area contributed by atoms with E-state index in [0.29, 0.717) is 33.7 Å². The van der Waals surface area contributed by atoms with Gasteiger partial charge in [-0.1, -0.05) is 32.0 Å². The van der Waals surface area contributed by atoms with E-state index in [4.69, 9.17) is 9.47 Å². The fraction of sp³-hybridized carbons (Fsp3) is 0.280. The van der Waals surface area contributed by atoms with Crippen molar-refractivity contribution >= 4 is 28.6 Å². The molecule has 0 fully saturated rings. The highest BCUT2D eigenvalue weighted by Crippen LogP contribution is 2.33. The van der Waals surface area contributed by atoms with Crippen LogP contribution >= 0.6 is 0 Å². The fourth-order valence-corrected chi connectivity index (χ4v) is 3.52. The van der Waals surface area contributed by atoms with Crippen LogP contribution in [0.15, 0.2) is 48.5 Å². The van der Waals surface area contributed by atoms with E-state index in [0.717, 1.165) is 5.56 Å². The van der Waals surface area contributed by atoms with Crippen molar-refractivity contribution in [2.75, 3.05) is 14.2 Å². The van der Waals surface area contributed by atoms with Crippen LogP contribution in [-0.4, -0.2) is 43.0 Å². The predicted molar refractivity (Wildman–Crippen MR) is 128 cm³/mol. The number of carbonyl (C=O) groups is 3. The van der Waals surface area contributed by atoms with Gasteiger partial charge in [-0.15, -0.1) is 0 Å². The Morgan fingerprint density at radius 2 is 1.62 bits per heavy atom. The Hall–Kier alpha value is -4.14. The maximum absolute atomic E-state index is 13.1. The molecule has 1 atom stereocenters. The SMILES string of the molecule is COc1ccc(-c2cc(C(=O)NNC(=O)[C@@H](NC(C)=O)C(C)C)c3ccccc3n2)cc1OC. The van der Waals surface area contributed by atoms with Crippen molar-refractivity contribution in [3.05, 3.63) is 54.1 Å². The van der Waals surface area contributed by atoms with Crippen LogP contribution in [0.25, 0.3) is 22.2 Å². The van der Waals surface area contributed by atoms with Crippen molar-refractivity contribution in [3.63, 3.8) is 0 Å². The molecule has 0 radical (unpaired) electrons. The van der Waals surface area contributed by atoms with Crippen LogP contribution in [0.3, 0.4) is 0 Å². The quantitative estimate of drug-likeness (QED) is 0.463. The summed E-state index contributed by atoms with van der Waals surface area (Å²) in [7, 11) is 3.10. The molecule has 34 heavy (non-hydrogen) atoms. The Balaban J connectivity index is 1.93. The number of methoxy groups -OCH3 is 2. The molecule has 0 bridgehead atoms. The number of amides is 3. The molecule has 0 aliphatic rings. The molecule has 9 heteroatoms. The highest BCUT2D eigenvalue weighted by atomic mass is 16.5. The van der Waals surface area contributed by atoms with Crippen LogP contribution in [-0.2, 0) is 9.59 Å². The minimum atomic E-state index is -0.783. The first-order valence-electron chi connectivity index (χ1n) is 10.7. The molecule has 3 rings (SSSR count). The number of hydrazine groups is 1. The first-order chi connectivity index (χ1) is 16.2. The number of aromatic nitrogens is 1. The summed E-state index contributed by atoms with van der Waals surface area (Å²) in [5, 5.41) is 3.21. The molecular formula is C25H28N4O5. The van der Waals surface area contributed by atoms with Crippen LogP contribution in [0, 0.1) is 5.92 Å². The van der Waals surface area contributed by atoms with Gasteiger partial charge in [0.15, 0.2) is 11.5 Å². The summed E-state index contributed by atoms with van der Waals surface area (Å²) in [6.07, 6.45) is 0. The first kappa shape index (κ1) is 24.5. The number of carbonyl (C=O) groups excluding carboxylic acids is 3. The average molecular weight is 465 g/mol. The second-order valence-corrected chi connectivity index (χ2v) is 8.01. The molecule has 1 heterocycles. The molecule has 0 spiro atoms. The van der Waals surface area contributed by atoms with Crippen molar-refractivity contribution < 1.29 is 23.9 Å². The zero-order valence-corrected chi connectivity index (χ0v) is 19.8. The largest absolute Gasteiger partial charge is 0.493 e. The van der Waals surface area contributed by atoms with E-state index in [1.807, 2.05) is 12.1 Å². The number of rotatable bonds is 7. The van der Waals surface area contributed by atoms with Crippen molar-refractivity contribution in [1.82, 2.24) is 21.2 Å². The van der Waals surface area contributed by atoms with Gasteiger partial charge >= 0.3 is 0 Å². The number of nitrogens with zero attached hydrogens (tertiary/aromatic N) is 1. The number of pyridine rings is 1. The van der Waals surface area contributed by atoms with Crippen LogP contribution < -0.4 is 25.6 Å². The second kappa shape index (κ2) is 10.7. The maximum atomic E-state index is 13.1. The van der Waals surface area contributed by atoms with Gasteiger partial charge in [-0.2, -0.15) is 0 Å². The average Bonchev–Trinajstić information content (AvgIpc) is 2.84. The number of para-hydroxylation sites is 1. The van der Waals surface area contributed by atoms with E-state index in [2.05, 4.69) is 21.2 Å². The summed E-state index contributed by atoms with van der Waals surface area (Å²) in [5.74, 6) is -0.423. The number of ether oxygens (including phenoxy) is 2. The number of hydrogen-bond donors (Lipinski definition) is 3. The summed E-state index contributed by atoms with van der Waals surface area (Å²) < 4.78 is 10.7. The monoisotopic (exact) mass is 464 g/mol. The lowest BCUT2D eigenvalue weighted by Gasteiger charge is -2.21. The fourth-order valence-electron chi connectivity index (χ4n) is 3.52. The molecule has 9 nitrogen and oxygen atoms in total. The standard InChI is InChI=1S/C25H28N4O5/c1-14(2)23(26-15(3)30)25(32)29-28-24(31)18-13-20(27-19-9-7-6-8-17(18)19)16-10-11-21(33-4)22(12-16)34-5/h6-14,23H,1-5H3,(H,26,30)(H,28,31)(H,29,32)/t23-/m0/s1. The van der Waals surface area contributed by atoms with Gasteiger partial charge in [0.1, 0.15) is 6.04 Å². The molecule has 3 N–H and O–H groups in total. The van der Waals surface area contributed by atoms with Gasteiger partial charge in [0.2, 0.25) is 5.91 Å². The highest BCUT2D eigenvalue weighted by Gasteiger charge is 2.24. The molecule has 3 aromatic rings. The molecule has 0 aliphatic heterocycles. The number of benzene rings is 2. The van der Waals surface area contributed by atoms with Crippen molar-refractivity contribution in [2.24, 2.45) is 5.92 Å². The van der Waals surface area contributed by atoms with Crippen molar-refractivity contribution in [3.8, 4) is 22.8 Å². The first-order valence-corrected chi connectivity index (χ1v) is 10.7. The lowest BCUT2D eigenvalue weighted by Crippen LogP contribution is -2.54. The molecule has 3 amide bonds. The third-order valence-corrected chi connectivity index (χ3v) is 5.25. The highest BCUT2D eigenvalue weighted by molar-refractivity contribution is 6.07. The Morgan fingerprint density at radius 1 is 0.912 bits per heavy atom. The van der Waals surface area contributed by atoms with Crippen LogP contribution in [0.1, 0.15) is 31.1 Å². The van der Waals surface area contributed by atoms with Gasteiger partial charge in [0, 0.05) is 17.9 Å². The number of nitrogens with one attached hydrogen (secondary N) is 3. The zero-order chi connectivity index (χ0) is 24.8. The van der Waals surface area contributed by atoms with Crippen LogP contribution in [0.5, 0.6) is 11.5 Å². The van der Waals surface area contributed by atoms with E-state index in [1.54, 1.807) is 64.5 Å². The van der Waals surface area contributed by atoms with Crippen molar-refractivity contribution in [1.29, 1.82) is 0 Å². The van der Waals surface area contributed by atoms with Gasteiger partial charge in [0.05, 0.1) is 31.0 Å². The van der Waals surface area contributed by atoms with E-state index >= 15 is 0 Å². The van der Waals surface area contributed by atoms with Gasteiger partial charge in [-0.05, 0) is 36.2 Å². The summed E-state index contributed by atoms with van der Waals surface area (Å²) in [6, 6.07) is 13.5. The van der Waals surface area contributed by atoms with Gasteiger partial charge < -0.3 is 14.8 Å². The number of fused-ring (bicyclic) bond motifs is 1. The Bertz CT molecular complexity index is 1230. The molecule has 178 valence electrons. The summed E-state index contributed by atoms with van der Waals surface area (Å²) in [6.45, 7) is 4.93. The maximum Gasteiger partial charge on any atom is 0.270 e. The minimum absolute atomic E-state index is 0.167. The third-order valence-electron chi connectivity index (χ3n) is 5.25. The molecule has 0 saturated carbocycles. The molecule has 1 aromatic heterocycles. The summed E-state index contributed by atoms with van der Waals surface area (Å²) in [5.41, 5.74) is 7.10. The normalized spacial score (nSPS) is 11.6. The molecular weight excluding hydrogens is 436 g/mol. The van der Waals surface area contributed by atoms with Crippen molar-refractivity contribution in [2.45, 2.75) is 26.8 Å². The molecule has 0 aliphatic carbocycles. The smallest absolute Gasteiger partial charge is 0.270 e. The van der Waals surface area contributed by atoms with Gasteiger partial charge in [-0.3, -0.25) is 25.2 Å². The van der Waals surface area contributed by atoms with Crippen LogP contribution in [0.4, 0.5) is 0 Å². The Kier molecular flexibility index (Phi) is 7.68. The molecule has 0 unspecified atom stereocenters. The lowest BCUT2D eigenvalue weighted by molar-refractivity contribution is -0.129. The summed E-state index contributed by atoms with van der Waals surface area (Å²) >= 11 is 0. The predicted octanol–water partition coefficient (Wildman–Crippen LogP) is 2.84. The Labute approximate surface area is 197 Å². The topological polar surface area (TPSA) is 119 Å². The van der Waals surface area contributed by atoms with Crippen LogP contribution in [0.2, 0.25) is 0 Å². The number of hydrogen-bond acceptors (Lipinski definition) is 6. The van der Waals surface area contributed by atoms with E-state index in [-0.39, 0.29) is 11.8 Å². The van der Waals surface area contributed by atoms with E-state index in [1.165, 1.54) is 6.92 Å². The van der Waals surface area contributed by atoms with E-state index in [9.17, 15) is 14.4 Å². The lowest BCUT2D eigenvalue weighted by atomic mass is 10.0. The second-order valence-electron chi connectivity index (χ2n) is 8.01. The third kappa shape index (κ3) is 5.43. The van der Waals surface area contributed by atoms with E-state index < -0.39 is 17.9 Å². The van der Waals surface area contributed by atoms with Gasteiger partial charge in [0.25, 0.3) is 11.8 Å². The minimum Gasteiger partial charge on any atom is -0.493 e.